The van der Waals surface area contributed by atoms with Gasteiger partial charge in [-0.05, 0) is 30.7 Å². The molecule has 104 valence electrons. The van der Waals surface area contributed by atoms with Crippen LogP contribution in [0.5, 0.6) is 5.75 Å². The lowest BCUT2D eigenvalue weighted by atomic mass is 10.2. The average molecular weight is 272 g/mol. The van der Waals surface area contributed by atoms with Crippen molar-refractivity contribution in [1.82, 2.24) is 5.43 Å². The molecule has 1 aromatic carbocycles. The number of hydrogen-bond donors (Lipinski definition) is 1. The van der Waals surface area contributed by atoms with Crippen LogP contribution in [-0.4, -0.2) is 18.7 Å². The van der Waals surface area contributed by atoms with Crippen LogP contribution in [0.1, 0.15) is 29.5 Å². The minimum absolute atomic E-state index is 0.220. The smallest absolute Gasteiger partial charge is 0.307 e. The zero-order valence-corrected chi connectivity index (χ0v) is 11.2. The van der Waals surface area contributed by atoms with Crippen LogP contribution in [0.3, 0.4) is 0 Å². The number of hydrogen-bond acceptors (Lipinski definition) is 4. The van der Waals surface area contributed by atoms with Gasteiger partial charge in [-0.25, -0.2) is 5.43 Å². The van der Waals surface area contributed by atoms with Gasteiger partial charge < -0.3 is 9.15 Å². The highest BCUT2D eigenvalue weighted by molar-refractivity contribution is 5.92. The zero-order chi connectivity index (χ0) is 14.2. The maximum atomic E-state index is 11.6. The first-order chi connectivity index (χ1) is 9.81. The first-order valence-electron chi connectivity index (χ1n) is 6.40. The van der Waals surface area contributed by atoms with E-state index in [0.717, 1.165) is 17.7 Å². The summed E-state index contributed by atoms with van der Waals surface area (Å²) < 4.78 is 10.6. The van der Waals surface area contributed by atoms with Gasteiger partial charge in [0, 0.05) is 5.56 Å². The summed E-state index contributed by atoms with van der Waals surface area (Å²) in [4.78, 5) is 11.6. The molecule has 2 rings (SSSR count). The molecule has 0 aliphatic heterocycles. The number of hydrazone groups is 1. The fourth-order valence-corrected chi connectivity index (χ4v) is 1.55. The van der Waals surface area contributed by atoms with Crippen molar-refractivity contribution in [3.63, 3.8) is 0 Å². The normalized spacial score (nSPS) is 10.7. The standard InChI is InChI=1S/C15H16N2O3/c1-2-9-19-13-7-4-3-6-12(13)11-16-17-15(18)14-8-5-10-20-14/h3-8,10-11H,2,9H2,1H3,(H,17,18)/b16-11+. The van der Waals surface area contributed by atoms with Crippen LogP contribution in [0, 0.1) is 0 Å². The summed E-state index contributed by atoms with van der Waals surface area (Å²) in [6, 6.07) is 10.7. The number of furan rings is 1. The number of carbonyl (C=O) groups excluding carboxylic acids is 1. The second kappa shape index (κ2) is 7.13. The van der Waals surface area contributed by atoms with Crippen molar-refractivity contribution in [2.75, 3.05) is 6.61 Å². The highest BCUT2D eigenvalue weighted by Gasteiger charge is 2.06. The molecule has 5 heteroatoms. The summed E-state index contributed by atoms with van der Waals surface area (Å²) in [5.41, 5.74) is 3.20. The fourth-order valence-electron chi connectivity index (χ4n) is 1.55. The van der Waals surface area contributed by atoms with Gasteiger partial charge in [0.25, 0.3) is 0 Å². The zero-order valence-electron chi connectivity index (χ0n) is 11.2. The minimum Gasteiger partial charge on any atom is -0.493 e. The lowest BCUT2D eigenvalue weighted by Crippen LogP contribution is -2.16. The summed E-state index contributed by atoms with van der Waals surface area (Å²) in [6.07, 6.45) is 3.92. The molecule has 20 heavy (non-hydrogen) atoms. The van der Waals surface area contributed by atoms with Crippen molar-refractivity contribution >= 4 is 12.1 Å². The van der Waals surface area contributed by atoms with Gasteiger partial charge in [0.05, 0.1) is 19.1 Å². The third kappa shape index (κ3) is 3.71. The Bertz CT molecular complexity index is 577. The van der Waals surface area contributed by atoms with Crippen LogP contribution in [0.4, 0.5) is 0 Å². The van der Waals surface area contributed by atoms with Crippen LogP contribution in [0.15, 0.2) is 52.2 Å². The Morgan fingerprint density at radius 3 is 2.95 bits per heavy atom. The highest BCUT2D eigenvalue weighted by atomic mass is 16.5. The molecule has 0 unspecified atom stereocenters. The predicted octanol–water partition coefficient (Wildman–Crippen LogP) is 2.83. The highest BCUT2D eigenvalue weighted by Crippen LogP contribution is 2.15. The van der Waals surface area contributed by atoms with Gasteiger partial charge in [0.2, 0.25) is 0 Å². The van der Waals surface area contributed by atoms with Crippen LogP contribution in [0.25, 0.3) is 0 Å². The summed E-state index contributed by atoms with van der Waals surface area (Å²) >= 11 is 0. The van der Waals surface area contributed by atoms with Crippen molar-refractivity contribution < 1.29 is 13.9 Å². The van der Waals surface area contributed by atoms with Gasteiger partial charge in [-0.2, -0.15) is 5.10 Å². The van der Waals surface area contributed by atoms with E-state index in [1.165, 1.54) is 6.26 Å². The van der Waals surface area contributed by atoms with E-state index < -0.39 is 5.91 Å². The average Bonchev–Trinajstić information content (AvgIpc) is 3.00. The number of ether oxygens (including phenoxy) is 1. The predicted molar refractivity (Wildman–Crippen MR) is 76.0 cm³/mol. The number of benzene rings is 1. The molecule has 0 aliphatic rings. The topological polar surface area (TPSA) is 63.8 Å². The molecular weight excluding hydrogens is 256 g/mol. The van der Waals surface area contributed by atoms with Gasteiger partial charge in [0.15, 0.2) is 5.76 Å². The molecule has 0 spiro atoms. The van der Waals surface area contributed by atoms with E-state index in [0.29, 0.717) is 6.61 Å². The number of amides is 1. The third-order valence-electron chi connectivity index (χ3n) is 2.50. The summed E-state index contributed by atoms with van der Waals surface area (Å²) in [7, 11) is 0. The van der Waals surface area contributed by atoms with Gasteiger partial charge >= 0.3 is 5.91 Å². The lowest BCUT2D eigenvalue weighted by Gasteiger charge is -2.07. The summed E-state index contributed by atoms with van der Waals surface area (Å²) in [5.74, 6) is 0.571. The minimum atomic E-state index is -0.391. The Morgan fingerprint density at radius 1 is 1.35 bits per heavy atom. The molecule has 1 aromatic heterocycles. The number of nitrogens with one attached hydrogen (secondary N) is 1. The fraction of sp³-hybridized carbons (Fsp3) is 0.200. The van der Waals surface area contributed by atoms with E-state index in [-0.39, 0.29) is 5.76 Å². The molecule has 0 saturated heterocycles. The first kappa shape index (κ1) is 13.9. The number of carbonyl (C=O) groups is 1. The molecule has 2 aromatic rings. The summed E-state index contributed by atoms with van der Waals surface area (Å²) in [6.45, 7) is 2.68. The Labute approximate surface area is 117 Å². The second-order valence-electron chi connectivity index (χ2n) is 4.06. The van der Waals surface area contributed by atoms with E-state index in [1.54, 1.807) is 18.3 Å². The van der Waals surface area contributed by atoms with Gasteiger partial charge in [0.1, 0.15) is 5.75 Å². The van der Waals surface area contributed by atoms with E-state index >= 15 is 0 Å². The van der Waals surface area contributed by atoms with Crippen molar-refractivity contribution in [2.24, 2.45) is 5.10 Å². The molecule has 0 bridgehead atoms. The van der Waals surface area contributed by atoms with Gasteiger partial charge in [-0.1, -0.05) is 19.1 Å². The van der Waals surface area contributed by atoms with Crippen molar-refractivity contribution in [3.05, 3.63) is 54.0 Å². The van der Waals surface area contributed by atoms with Gasteiger partial charge in [-0.15, -0.1) is 0 Å². The SMILES string of the molecule is CCCOc1ccccc1/C=N/NC(=O)c1ccco1. The molecule has 0 atom stereocenters. The molecule has 0 saturated carbocycles. The number of rotatable bonds is 6. The Balaban J connectivity index is 1.99. The van der Waals surface area contributed by atoms with Crippen LogP contribution in [-0.2, 0) is 0 Å². The molecular formula is C15H16N2O3. The van der Waals surface area contributed by atoms with Crippen LogP contribution < -0.4 is 10.2 Å². The molecule has 5 nitrogen and oxygen atoms in total. The van der Waals surface area contributed by atoms with E-state index in [4.69, 9.17) is 9.15 Å². The van der Waals surface area contributed by atoms with Crippen molar-refractivity contribution in [2.45, 2.75) is 13.3 Å². The first-order valence-corrected chi connectivity index (χ1v) is 6.40. The molecule has 1 amide bonds. The Morgan fingerprint density at radius 2 is 2.20 bits per heavy atom. The van der Waals surface area contributed by atoms with Crippen molar-refractivity contribution in [3.8, 4) is 5.75 Å². The monoisotopic (exact) mass is 272 g/mol. The largest absolute Gasteiger partial charge is 0.493 e. The van der Waals surface area contributed by atoms with E-state index in [2.05, 4.69) is 10.5 Å². The number of nitrogens with zero attached hydrogens (tertiary/aromatic N) is 1. The lowest BCUT2D eigenvalue weighted by molar-refractivity contribution is 0.0927. The van der Waals surface area contributed by atoms with E-state index in [1.807, 2.05) is 31.2 Å². The molecule has 0 aliphatic carbocycles. The molecule has 1 N–H and O–H groups in total. The molecule has 0 fully saturated rings. The van der Waals surface area contributed by atoms with Crippen LogP contribution >= 0.6 is 0 Å². The maximum Gasteiger partial charge on any atom is 0.307 e. The maximum absolute atomic E-state index is 11.6. The van der Waals surface area contributed by atoms with Crippen LogP contribution in [0.2, 0.25) is 0 Å². The second-order valence-corrected chi connectivity index (χ2v) is 4.06. The molecule has 1 heterocycles. The van der Waals surface area contributed by atoms with Gasteiger partial charge in [-0.3, -0.25) is 4.79 Å². The number of para-hydroxylation sites is 1. The summed E-state index contributed by atoms with van der Waals surface area (Å²) in [5, 5.41) is 3.90. The third-order valence-corrected chi connectivity index (χ3v) is 2.50. The molecule has 0 radical (unpaired) electrons. The Hall–Kier alpha value is -2.56. The van der Waals surface area contributed by atoms with Crippen molar-refractivity contribution in [1.29, 1.82) is 0 Å². The van der Waals surface area contributed by atoms with E-state index in [9.17, 15) is 4.79 Å². The Kier molecular flexibility index (Phi) is 4.94. The quantitative estimate of drug-likeness (QED) is 0.649.